The zero-order chi connectivity index (χ0) is 33.5. The van der Waals surface area contributed by atoms with Crippen LogP contribution < -0.4 is 0 Å². The molecule has 3 heterocycles. The van der Waals surface area contributed by atoms with Crippen molar-refractivity contribution in [1.29, 1.82) is 0 Å². The van der Waals surface area contributed by atoms with E-state index in [0.717, 1.165) is 0 Å². The molecule has 8 aromatic carbocycles. The van der Waals surface area contributed by atoms with Crippen molar-refractivity contribution in [1.82, 2.24) is 9.13 Å². The first kappa shape index (κ1) is 28.4. The van der Waals surface area contributed by atoms with Gasteiger partial charge in [-0.15, -0.1) is 11.3 Å². The van der Waals surface area contributed by atoms with Gasteiger partial charge in [0.2, 0.25) is 0 Å². The van der Waals surface area contributed by atoms with Gasteiger partial charge in [-0.05, 0) is 101 Å². The topological polar surface area (TPSA) is 9.86 Å². The number of nitrogens with zero attached hydrogens (tertiary/aromatic N) is 2. The molecule has 0 radical (unpaired) electrons. The normalized spacial score (nSPS) is 11.9. The second-order valence-corrected chi connectivity index (χ2v) is 14.4. The van der Waals surface area contributed by atoms with Crippen molar-refractivity contribution < 1.29 is 0 Å². The van der Waals surface area contributed by atoms with Crippen LogP contribution in [0.5, 0.6) is 0 Å². The second-order valence-electron chi connectivity index (χ2n) is 13.4. The van der Waals surface area contributed by atoms with Crippen molar-refractivity contribution >= 4 is 75.1 Å². The summed E-state index contributed by atoms with van der Waals surface area (Å²) >= 11 is 1.87. The zero-order valence-corrected chi connectivity index (χ0v) is 28.4. The number of thiophene rings is 1. The lowest BCUT2D eigenvalue weighted by Gasteiger charge is -2.10. The minimum atomic E-state index is 1.17. The van der Waals surface area contributed by atoms with Crippen LogP contribution in [-0.4, -0.2) is 9.13 Å². The summed E-state index contributed by atoms with van der Waals surface area (Å²) < 4.78 is 7.40. The van der Waals surface area contributed by atoms with Gasteiger partial charge >= 0.3 is 0 Å². The molecule has 11 aromatic rings. The van der Waals surface area contributed by atoms with Gasteiger partial charge in [0.1, 0.15) is 0 Å². The number of hydrogen-bond donors (Lipinski definition) is 0. The van der Waals surface area contributed by atoms with Crippen molar-refractivity contribution in [2.24, 2.45) is 0 Å². The minimum Gasteiger partial charge on any atom is -0.309 e. The van der Waals surface area contributed by atoms with Gasteiger partial charge < -0.3 is 9.13 Å². The molecule has 0 N–H and O–H groups in total. The molecule has 3 heteroatoms. The van der Waals surface area contributed by atoms with Crippen LogP contribution in [0.15, 0.2) is 182 Å². The largest absolute Gasteiger partial charge is 0.309 e. The van der Waals surface area contributed by atoms with E-state index in [-0.39, 0.29) is 0 Å². The molecular formula is C48H30N2S. The molecule has 0 fully saturated rings. The Labute approximate surface area is 298 Å². The van der Waals surface area contributed by atoms with Gasteiger partial charge in [0.25, 0.3) is 0 Å². The summed E-state index contributed by atoms with van der Waals surface area (Å²) in [7, 11) is 0. The van der Waals surface area contributed by atoms with E-state index in [0.29, 0.717) is 0 Å². The van der Waals surface area contributed by atoms with E-state index >= 15 is 0 Å². The molecule has 51 heavy (non-hydrogen) atoms. The SMILES string of the molecule is c1ccc(-n2c3ccccc3c3cc(-c4ccc5sc6ccc(-c7cccc(-n8c9ccccc9c9ccccc98)c7)cc6c5c4)ccc32)cc1. The highest BCUT2D eigenvalue weighted by Gasteiger charge is 2.15. The number of fused-ring (bicyclic) bond motifs is 9. The van der Waals surface area contributed by atoms with Gasteiger partial charge in [-0.2, -0.15) is 0 Å². The van der Waals surface area contributed by atoms with Gasteiger partial charge in [-0.25, -0.2) is 0 Å². The van der Waals surface area contributed by atoms with Gasteiger partial charge in [0.15, 0.2) is 0 Å². The molecule has 238 valence electrons. The fraction of sp³-hybridized carbons (Fsp3) is 0. The quantitative estimate of drug-likeness (QED) is 0.177. The standard InChI is InChI=1S/C48H30N2S/c1-2-12-35(13-3-1)49-45-20-9-6-17-39(45)40-28-32(21-24-46(40)49)34-23-26-48-42(30-34)41-29-33(22-25-47(41)51-48)31-11-10-14-36(27-31)50-43-18-7-4-15-37(43)38-16-5-8-19-44(38)50/h1-30H. The maximum atomic E-state index is 2.40. The van der Waals surface area contributed by atoms with Crippen molar-refractivity contribution in [2.45, 2.75) is 0 Å². The van der Waals surface area contributed by atoms with E-state index in [9.17, 15) is 0 Å². The highest BCUT2D eigenvalue weighted by molar-refractivity contribution is 7.25. The fourth-order valence-electron chi connectivity index (χ4n) is 8.17. The second kappa shape index (κ2) is 11.0. The third-order valence-electron chi connectivity index (χ3n) is 10.5. The summed E-state index contributed by atoms with van der Waals surface area (Å²) in [5.74, 6) is 0. The Bertz CT molecular complexity index is 3090. The molecule has 0 amide bonds. The van der Waals surface area contributed by atoms with E-state index in [1.165, 1.54) is 97.4 Å². The van der Waals surface area contributed by atoms with Crippen molar-refractivity contribution in [3.05, 3.63) is 182 Å². The van der Waals surface area contributed by atoms with Crippen LogP contribution in [0.1, 0.15) is 0 Å². The Kier molecular flexibility index (Phi) is 6.16. The molecule has 0 aliphatic carbocycles. The lowest BCUT2D eigenvalue weighted by atomic mass is 9.99. The van der Waals surface area contributed by atoms with Crippen LogP contribution in [0, 0.1) is 0 Å². The number of hydrogen-bond acceptors (Lipinski definition) is 1. The van der Waals surface area contributed by atoms with E-state index in [4.69, 9.17) is 0 Å². The molecule has 0 atom stereocenters. The maximum absolute atomic E-state index is 2.40. The Balaban J connectivity index is 1.03. The summed E-state index contributed by atoms with van der Waals surface area (Å²) in [6.07, 6.45) is 0. The monoisotopic (exact) mass is 666 g/mol. The summed E-state index contributed by atoms with van der Waals surface area (Å²) in [5, 5.41) is 7.71. The van der Waals surface area contributed by atoms with Crippen LogP contribution in [0.2, 0.25) is 0 Å². The molecule has 11 rings (SSSR count). The Morgan fingerprint density at radius 1 is 0.275 bits per heavy atom. The Morgan fingerprint density at radius 2 is 0.706 bits per heavy atom. The lowest BCUT2D eigenvalue weighted by molar-refractivity contribution is 1.18. The average Bonchev–Trinajstić information content (AvgIpc) is 3.85. The van der Waals surface area contributed by atoms with Crippen LogP contribution in [0.25, 0.3) is 97.4 Å². The molecular weight excluding hydrogens is 637 g/mol. The molecule has 0 unspecified atom stereocenters. The molecule has 2 nitrogen and oxygen atoms in total. The van der Waals surface area contributed by atoms with Crippen LogP contribution in [0.4, 0.5) is 0 Å². The number of para-hydroxylation sites is 4. The average molecular weight is 667 g/mol. The van der Waals surface area contributed by atoms with Gasteiger partial charge in [-0.3, -0.25) is 0 Å². The first-order valence-corrected chi connectivity index (χ1v) is 18.2. The first-order valence-electron chi connectivity index (χ1n) is 17.4. The van der Waals surface area contributed by atoms with E-state index in [2.05, 4.69) is 191 Å². The number of rotatable bonds is 4. The molecule has 0 aliphatic rings. The van der Waals surface area contributed by atoms with Crippen molar-refractivity contribution in [3.63, 3.8) is 0 Å². The lowest BCUT2D eigenvalue weighted by Crippen LogP contribution is -1.94. The Morgan fingerprint density at radius 3 is 1.31 bits per heavy atom. The van der Waals surface area contributed by atoms with Crippen LogP contribution >= 0.6 is 11.3 Å². The first-order chi connectivity index (χ1) is 25.3. The molecule has 0 bridgehead atoms. The van der Waals surface area contributed by atoms with E-state index < -0.39 is 0 Å². The molecule has 3 aromatic heterocycles. The maximum Gasteiger partial charge on any atom is 0.0541 e. The molecule has 0 saturated carbocycles. The third-order valence-corrected chi connectivity index (χ3v) is 11.7. The highest BCUT2D eigenvalue weighted by Crippen LogP contribution is 2.41. The predicted molar refractivity (Wildman–Crippen MR) is 219 cm³/mol. The molecule has 0 spiro atoms. The van der Waals surface area contributed by atoms with Crippen molar-refractivity contribution in [2.75, 3.05) is 0 Å². The van der Waals surface area contributed by atoms with Gasteiger partial charge in [0.05, 0.1) is 22.1 Å². The summed E-state index contributed by atoms with van der Waals surface area (Å²) in [5.41, 5.74) is 12.2. The van der Waals surface area contributed by atoms with E-state index in [1.54, 1.807) is 0 Å². The van der Waals surface area contributed by atoms with Crippen LogP contribution in [-0.2, 0) is 0 Å². The van der Waals surface area contributed by atoms with Crippen molar-refractivity contribution in [3.8, 4) is 33.6 Å². The minimum absolute atomic E-state index is 1.17. The summed E-state index contributed by atoms with van der Waals surface area (Å²) in [4.78, 5) is 0. The smallest absolute Gasteiger partial charge is 0.0541 e. The van der Waals surface area contributed by atoms with Crippen LogP contribution in [0.3, 0.4) is 0 Å². The van der Waals surface area contributed by atoms with Gasteiger partial charge in [-0.1, -0.05) is 103 Å². The fourth-order valence-corrected chi connectivity index (χ4v) is 9.24. The van der Waals surface area contributed by atoms with Gasteiger partial charge in [0, 0.05) is 53.1 Å². The third kappa shape index (κ3) is 4.35. The predicted octanol–water partition coefficient (Wildman–Crippen LogP) is 13.6. The zero-order valence-electron chi connectivity index (χ0n) is 27.6. The van der Waals surface area contributed by atoms with E-state index in [1.807, 2.05) is 11.3 Å². The number of benzene rings is 8. The summed E-state index contributed by atoms with van der Waals surface area (Å²) in [6, 6.07) is 66.7. The molecule has 0 saturated heterocycles. The molecule has 0 aliphatic heterocycles. The number of aromatic nitrogens is 2. The Hall–Kier alpha value is -6.42. The highest BCUT2D eigenvalue weighted by atomic mass is 32.1. The summed E-state index contributed by atoms with van der Waals surface area (Å²) in [6.45, 7) is 0.